The molecule has 2 aromatic heterocycles. The number of nitrogens with one attached hydrogen (secondary N) is 1. The van der Waals surface area contributed by atoms with E-state index >= 15 is 0 Å². The van der Waals surface area contributed by atoms with Crippen molar-refractivity contribution in [3.63, 3.8) is 0 Å². The van der Waals surface area contributed by atoms with Crippen LogP contribution < -0.4 is 11.1 Å². The van der Waals surface area contributed by atoms with Crippen LogP contribution in [0.15, 0.2) is 90.4 Å². The van der Waals surface area contributed by atoms with E-state index in [0.29, 0.717) is 18.2 Å². The molecule has 0 amide bonds. The lowest BCUT2D eigenvalue weighted by atomic mass is 10.1. The van der Waals surface area contributed by atoms with Crippen molar-refractivity contribution in [3.05, 3.63) is 123 Å². The van der Waals surface area contributed by atoms with Crippen molar-refractivity contribution in [2.24, 2.45) is 0 Å². The van der Waals surface area contributed by atoms with E-state index < -0.39 is 0 Å². The molecule has 3 N–H and O–H groups in total. The highest BCUT2D eigenvalue weighted by molar-refractivity contribution is 7.15. The molecule has 2 unspecified atom stereocenters. The van der Waals surface area contributed by atoms with Crippen LogP contribution >= 0.6 is 22.7 Å². The second-order valence-corrected chi connectivity index (χ2v) is 14.4. The van der Waals surface area contributed by atoms with E-state index in [1.54, 1.807) is 22.7 Å². The maximum atomic E-state index is 6.20. The third kappa shape index (κ3) is 6.73. The van der Waals surface area contributed by atoms with Crippen molar-refractivity contribution in [1.82, 2.24) is 25.1 Å². The van der Waals surface area contributed by atoms with Gasteiger partial charge in [-0.15, -0.1) is 22.7 Å². The molecule has 0 bridgehead atoms. The Bertz CT molecular complexity index is 2210. The summed E-state index contributed by atoms with van der Waals surface area (Å²) in [4.78, 5) is 17.0. The maximum Gasteiger partial charge on any atom is 0.180 e. The van der Waals surface area contributed by atoms with E-state index in [1.165, 1.54) is 37.0 Å². The van der Waals surface area contributed by atoms with Crippen molar-refractivity contribution >= 4 is 49.4 Å². The number of nitrogen functional groups attached to an aromatic ring is 1. The molecular weight excluding hydrogens is 629 g/mol. The fourth-order valence-electron chi connectivity index (χ4n) is 6.85. The first-order chi connectivity index (χ1) is 23.7. The number of nitrogens with two attached hydrogens (primary N) is 1. The second kappa shape index (κ2) is 13.9. The molecule has 2 atom stereocenters. The Hall–Kier alpha value is -4.54. The Kier molecular flexibility index (Phi) is 8.91. The number of fused-ring (bicyclic) bond motifs is 4. The molecule has 2 aliphatic rings. The van der Waals surface area contributed by atoms with Crippen LogP contribution in [0.1, 0.15) is 32.3 Å². The normalized spacial score (nSPS) is 18.2. The lowest BCUT2D eigenvalue weighted by Crippen LogP contribution is -2.57. The molecule has 6 nitrogen and oxygen atoms in total. The van der Waals surface area contributed by atoms with Gasteiger partial charge in [-0.05, 0) is 39.7 Å². The minimum absolute atomic E-state index is 0.0725. The molecule has 8 heteroatoms. The molecule has 0 spiro atoms. The van der Waals surface area contributed by atoms with Gasteiger partial charge in [-0.25, -0.2) is 9.97 Å². The van der Waals surface area contributed by atoms with Gasteiger partial charge in [0.05, 0.1) is 42.3 Å². The number of hydrogen-bond acceptors (Lipinski definition) is 8. The van der Waals surface area contributed by atoms with Crippen LogP contribution in [0.25, 0.3) is 21.5 Å². The summed E-state index contributed by atoms with van der Waals surface area (Å²) in [6.07, 6.45) is 3.69. The van der Waals surface area contributed by atoms with Crippen molar-refractivity contribution in [1.29, 1.82) is 0 Å². The summed E-state index contributed by atoms with van der Waals surface area (Å²) in [5.41, 5.74) is 12.6. The predicted octanol–water partition coefficient (Wildman–Crippen LogP) is 6.33. The van der Waals surface area contributed by atoms with Crippen molar-refractivity contribution in [3.8, 4) is 23.7 Å². The van der Waals surface area contributed by atoms with Crippen LogP contribution in [-0.2, 0) is 25.7 Å². The van der Waals surface area contributed by atoms with Gasteiger partial charge in [0.25, 0.3) is 0 Å². The molecule has 2 aliphatic heterocycles. The molecule has 6 aromatic rings. The summed E-state index contributed by atoms with van der Waals surface area (Å²) in [7, 11) is 0. The fourth-order valence-corrected chi connectivity index (χ4v) is 8.62. The monoisotopic (exact) mass is 664 g/mol. The van der Waals surface area contributed by atoms with Crippen molar-refractivity contribution in [2.45, 2.75) is 38.0 Å². The number of aromatic nitrogens is 2. The minimum Gasteiger partial charge on any atom is -0.375 e. The summed E-state index contributed by atoms with van der Waals surface area (Å²) in [5, 5.41) is 9.61. The molecule has 0 aliphatic carbocycles. The van der Waals surface area contributed by atoms with Gasteiger partial charge in [0.2, 0.25) is 0 Å². The number of rotatable bonds is 4. The summed E-state index contributed by atoms with van der Waals surface area (Å²) >= 11 is 3.38. The highest BCUT2D eigenvalue weighted by atomic mass is 32.1. The summed E-state index contributed by atoms with van der Waals surface area (Å²) in [5.74, 6) is 14.0. The van der Waals surface area contributed by atoms with Crippen LogP contribution in [0.4, 0.5) is 5.13 Å². The largest absolute Gasteiger partial charge is 0.375 e. The first kappa shape index (κ1) is 30.8. The molecule has 0 saturated heterocycles. The smallest absolute Gasteiger partial charge is 0.180 e. The van der Waals surface area contributed by atoms with Gasteiger partial charge in [-0.3, -0.25) is 15.1 Å². The Morgan fingerprint density at radius 1 is 0.750 bits per heavy atom. The zero-order chi connectivity index (χ0) is 32.3. The lowest BCUT2D eigenvalue weighted by Gasteiger charge is -2.36. The molecule has 4 heterocycles. The summed E-state index contributed by atoms with van der Waals surface area (Å²) < 4.78 is 0. The highest BCUT2D eigenvalue weighted by Crippen LogP contribution is 2.28. The van der Waals surface area contributed by atoms with E-state index in [4.69, 9.17) is 15.7 Å². The predicted molar refractivity (Wildman–Crippen MR) is 199 cm³/mol. The average molecular weight is 665 g/mol. The van der Waals surface area contributed by atoms with E-state index in [-0.39, 0.29) is 12.3 Å². The van der Waals surface area contributed by atoms with Crippen LogP contribution in [-0.4, -0.2) is 58.3 Å². The fraction of sp³-hybridized carbons (Fsp3) is 0.250. The van der Waals surface area contributed by atoms with Gasteiger partial charge < -0.3 is 5.73 Å². The Labute approximate surface area is 289 Å². The van der Waals surface area contributed by atoms with Crippen LogP contribution in [0.5, 0.6) is 0 Å². The van der Waals surface area contributed by atoms with E-state index in [1.807, 2.05) is 5.51 Å². The van der Waals surface area contributed by atoms with Gasteiger partial charge >= 0.3 is 0 Å². The highest BCUT2D eigenvalue weighted by Gasteiger charge is 2.31. The van der Waals surface area contributed by atoms with Gasteiger partial charge in [-0.1, -0.05) is 90.4 Å². The zero-order valence-electron chi connectivity index (χ0n) is 26.7. The summed E-state index contributed by atoms with van der Waals surface area (Å²) in [6.45, 7) is 3.09. The van der Waals surface area contributed by atoms with Crippen molar-refractivity contribution in [2.75, 3.05) is 31.9 Å². The Balaban J connectivity index is 1.06. The molecule has 0 radical (unpaired) electrons. The molecule has 48 heavy (non-hydrogen) atoms. The second-order valence-electron chi connectivity index (χ2n) is 12.4. The number of benzene rings is 4. The third-order valence-electron chi connectivity index (χ3n) is 9.37. The SMILES string of the molecule is Nc1nc2c(s1)CC(NC1Cc3scnc3CCN1CC#Cc1ccc3ccccc3c1)N(CC#Cc1cccc3ccccc13)CC2. The van der Waals surface area contributed by atoms with Crippen LogP contribution in [0, 0.1) is 23.7 Å². The molecule has 238 valence electrons. The van der Waals surface area contributed by atoms with Gasteiger partial charge in [0.1, 0.15) is 0 Å². The summed E-state index contributed by atoms with van der Waals surface area (Å²) in [6, 6.07) is 29.7. The number of anilines is 1. The van der Waals surface area contributed by atoms with E-state index in [2.05, 4.69) is 124 Å². The van der Waals surface area contributed by atoms with Gasteiger partial charge in [-0.2, -0.15) is 0 Å². The third-order valence-corrected chi connectivity index (χ3v) is 11.2. The minimum atomic E-state index is 0.0725. The van der Waals surface area contributed by atoms with Gasteiger partial charge in [0, 0.05) is 59.7 Å². The van der Waals surface area contributed by atoms with E-state index in [9.17, 15) is 0 Å². The van der Waals surface area contributed by atoms with Crippen LogP contribution in [0.2, 0.25) is 0 Å². The first-order valence-corrected chi connectivity index (χ1v) is 18.2. The Morgan fingerprint density at radius 3 is 2.31 bits per heavy atom. The molecular formula is C40H36N6S2. The lowest BCUT2D eigenvalue weighted by molar-refractivity contribution is 0.111. The Morgan fingerprint density at radius 2 is 1.46 bits per heavy atom. The van der Waals surface area contributed by atoms with E-state index in [0.717, 1.165) is 55.6 Å². The molecule has 4 aromatic carbocycles. The molecule has 0 fully saturated rings. The number of thiazole rings is 2. The average Bonchev–Trinajstić information content (AvgIpc) is 3.62. The maximum absolute atomic E-state index is 6.20. The quantitative estimate of drug-likeness (QED) is 0.215. The number of nitrogens with zero attached hydrogens (tertiary/aromatic N) is 4. The van der Waals surface area contributed by atoms with Gasteiger partial charge in [0.15, 0.2) is 5.13 Å². The topological polar surface area (TPSA) is 70.3 Å². The molecule has 8 rings (SSSR count). The standard InChI is InChI=1S/C40H36N6S2/c41-40-43-35-19-23-46(21-7-14-31-13-5-12-30-10-3-4-15-33(30)31)39(26-37(35)48-40)44-38-25-36-34(42-27-47-36)18-22-45(38)20-6-8-28-16-17-29-9-1-2-11-32(29)24-28/h1-5,9-13,15-17,24,27,38-39,44H,18-23,25-26H2,(H2,41,43). The zero-order valence-corrected chi connectivity index (χ0v) is 28.3. The van der Waals surface area contributed by atoms with Crippen molar-refractivity contribution < 1.29 is 0 Å². The first-order valence-electron chi connectivity index (χ1n) is 16.5. The number of hydrogen-bond donors (Lipinski definition) is 2. The molecule has 0 saturated carbocycles. The van der Waals surface area contributed by atoms with Crippen LogP contribution in [0.3, 0.4) is 0 Å².